The van der Waals surface area contributed by atoms with Gasteiger partial charge in [0.1, 0.15) is 29.0 Å². The lowest BCUT2D eigenvalue weighted by Gasteiger charge is -2.73. The maximum absolute atomic E-state index is 15.7. The minimum atomic E-state index is -3.53. The van der Waals surface area contributed by atoms with E-state index in [0.717, 1.165) is 0 Å². The summed E-state index contributed by atoms with van der Waals surface area (Å²) in [6, 6.07) is 2.04. The van der Waals surface area contributed by atoms with Gasteiger partial charge in [0.05, 0.1) is 35.1 Å². The quantitative estimate of drug-likeness (QED) is 0.270. The molecule has 4 heterocycles. The Balaban J connectivity index is 1.19. The van der Waals surface area contributed by atoms with Crippen LogP contribution in [0, 0.1) is 18.2 Å². The van der Waals surface area contributed by atoms with Crippen molar-refractivity contribution in [2.45, 2.75) is 109 Å². The summed E-state index contributed by atoms with van der Waals surface area (Å²) in [6.07, 6.45) is -0.931. The van der Waals surface area contributed by atoms with E-state index in [1.165, 1.54) is 10.6 Å². The van der Waals surface area contributed by atoms with E-state index in [-0.39, 0.29) is 55.5 Å². The summed E-state index contributed by atoms with van der Waals surface area (Å²) in [5, 5.41) is 17.0. The van der Waals surface area contributed by atoms with Crippen molar-refractivity contribution in [2.24, 2.45) is 5.41 Å². The number of nitrogens with zero attached hydrogens (tertiary/aromatic N) is 2. The van der Waals surface area contributed by atoms with Crippen LogP contribution in [-0.2, 0) is 44.2 Å². The summed E-state index contributed by atoms with van der Waals surface area (Å²) in [6.45, 7) is 7.80. The SMILES string of the molecule is CCC1(O)C(=O)OCc2c1cc1n(c2=O)Cc2c-1nc1cc(F)c(C)c3c1c2[C@@H](NC(=O)C12CC(NC(=O)OC(C)(C)C)(C1)C2(F)F)CC3. The van der Waals surface area contributed by atoms with Crippen LogP contribution in [-0.4, -0.2) is 49.7 Å². The number of hydrogen-bond donors (Lipinski definition) is 3. The van der Waals surface area contributed by atoms with Gasteiger partial charge in [-0.15, -0.1) is 0 Å². The summed E-state index contributed by atoms with van der Waals surface area (Å²) in [5.41, 5.74) is -3.98. The topological polar surface area (TPSA) is 149 Å². The fourth-order valence-electron chi connectivity index (χ4n) is 8.63. The first-order valence-electron chi connectivity index (χ1n) is 16.4. The number of carbonyl (C=O) groups excluding carboxylic acids is 3. The van der Waals surface area contributed by atoms with Gasteiger partial charge in [-0.25, -0.2) is 27.7 Å². The van der Waals surface area contributed by atoms with Gasteiger partial charge in [0.15, 0.2) is 5.60 Å². The highest BCUT2D eigenvalue weighted by Crippen LogP contribution is 2.76. The average Bonchev–Trinajstić information content (AvgIpc) is 3.38. The maximum atomic E-state index is 15.7. The van der Waals surface area contributed by atoms with Crippen LogP contribution < -0.4 is 16.2 Å². The zero-order valence-corrected chi connectivity index (χ0v) is 27.6. The molecular formula is C35H35F3N4O7. The number of halogens is 3. The number of pyridine rings is 2. The molecule has 6 aliphatic rings. The molecule has 9 rings (SSSR count). The highest BCUT2D eigenvalue weighted by Gasteiger charge is 2.92. The fraction of sp³-hybridized carbons (Fsp3) is 0.514. The Morgan fingerprint density at radius 1 is 1.16 bits per heavy atom. The number of hydrogen-bond acceptors (Lipinski definition) is 8. The minimum absolute atomic E-state index is 0.0139. The van der Waals surface area contributed by atoms with Crippen molar-refractivity contribution in [3.63, 3.8) is 0 Å². The molecule has 0 saturated heterocycles. The number of nitrogens with one attached hydrogen (secondary N) is 2. The molecule has 2 aromatic heterocycles. The number of aliphatic hydroxyl groups is 1. The Hall–Kier alpha value is -4.46. The van der Waals surface area contributed by atoms with Crippen LogP contribution in [0.3, 0.4) is 0 Å². The van der Waals surface area contributed by atoms with E-state index in [2.05, 4.69) is 10.6 Å². The number of ether oxygens (including phenoxy) is 2. The van der Waals surface area contributed by atoms with Crippen molar-refractivity contribution in [2.75, 3.05) is 0 Å². The number of amides is 2. The zero-order valence-electron chi connectivity index (χ0n) is 27.6. The van der Waals surface area contributed by atoms with Crippen LogP contribution in [0.1, 0.15) is 92.8 Å². The second-order valence-corrected chi connectivity index (χ2v) is 15.1. The molecule has 0 radical (unpaired) electrons. The Bertz CT molecular complexity index is 2130. The van der Waals surface area contributed by atoms with Crippen LogP contribution in [0.15, 0.2) is 16.9 Å². The van der Waals surface area contributed by atoms with E-state index in [0.29, 0.717) is 45.4 Å². The van der Waals surface area contributed by atoms with Gasteiger partial charge in [-0.3, -0.25) is 9.59 Å². The molecule has 2 amide bonds. The third-order valence-electron chi connectivity index (χ3n) is 11.3. The van der Waals surface area contributed by atoms with E-state index in [1.807, 2.05) is 0 Å². The van der Waals surface area contributed by atoms with Gasteiger partial charge in [0.25, 0.3) is 11.5 Å². The molecule has 14 heteroatoms. The molecule has 11 nitrogen and oxygen atoms in total. The van der Waals surface area contributed by atoms with Crippen LogP contribution in [0.2, 0.25) is 0 Å². The van der Waals surface area contributed by atoms with Crippen molar-refractivity contribution in [3.05, 3.63) is 61.7 Å². The lowest BCUT2D eigenvalue weighted by molar-refractivity contribution is -0.351. The number of alkyl halides is 2. The van der Waals surface area contributed by atoms with Crippen molar-refractivity contribution >= 4 is 28.9 Å². The van der Waals surface area contributed by atoms with Gasteiger partial charge in [0.2, 0.25) is 5.91 Å². The molecule has 49 heavy (non-hydrogen) atoms. The van der Waals surface area contributed by atoms with Gasteiger partial charge in [0, 0.05) is 22.6 Å². The first kappa shape index (κ1) is 31.8. The zero-order chi connectivity index (χ0) is 35.2. The standard InChI is InChI=1S/C35H35F3N4O7/c1-6-34(47)19-9-23-26-17(11-42(23)27(43)18(19)12-48-29(34)45)25-21(8-7-16-15(2)20(36)10-22(39-26)24(16)25)40-28(44)32-13-33(14-32,35(32,37)38)41-30(46)49-31(3,4)5/h9-10,21,47H,6-8,11-14H2,1-5H3,(H,40,44)(H,41,46)/t21-,32?,33?,34?/m0/s1. The van der Waals surface area contributed by atoms with Crippen molar-refractivity contribution in [1.82, 2.24) is 20.2 Å². The number of aryl methyl sites for hydroxylation is 1. The summed E-state index contributed by atoms with van der Waals surface area (Å²) >= 11 is 0. The van der Waals surface area contributed by atoms with E-state index in [4.69, 9.17) is 14.5 Å². The Morgan fingerprint density at radius 3 is 2.53 bits per heavy atom. The van der Waals surface area contributed by atoms with E-state index >= 15 is 13.2 Å². The summed E-state index contributed by atoms with van der Waals surface area (Å²) in [4.78, 5) is 57.4. The fourth-order valence-corrected chi connectivity index (χ4v) is 8.63. The number of rotatable bonds is 4. The van der Waals surface area contributed by atoms with Gasteiger partial charge in [-0.1, -0.05) is 6.92 Å². The molecule has 3 N–H and O–H groups in total. The molecule has 258 valence electrons. The molecule has 2 bridgehead atoms. The molecule has 2 aliphatic heterocycles. The van der Waals surface area contributed by atoms with Crippen LogP contribution in [0.4, 0.5) is 18.0 Å². The van der Waals surface area contributed by atoms with Crippen molar-refractivity contribution in [1.29, 1.82) is 0 Å². The first-order valence-corrected chi connectivity index (χ1v) is 16.4. The molecule has 3 saturated carbocycles. The number of alkyl carbamates (subject to hydrolysis) is 1. The van der Waals surface area contributed by atoms with Crippen molar-refractivity contribution in [3.8, 4) is 11.4 Å². The summed E-state index contributed by atoms with van der Waals surface area (Å²) < 4.78 is 58.4. The van der Waals surface area contributed by atoms with Crippen molar-refractivity contribution < 1.29 is 42.1 Å². The highest BCUT2D eigenvalue weighted by atomic mass is 19.3. The first-order chi connectivity index (χ1) is 22.9. The van der Waals surface area contributed by atoms with Crippen LogP contribution in [0.5, 0.6) is 0 Å². The second-order valence-electron chi connectivity index (χ2n) is 15.1. The minimum Gasteiger partial charge on any atom is -0.458 e. The van der Waals surface area contributed by atoms with Crippen LogP contribution in [0.25, 0.3) is 22.3 Å². The number of aromatic nitrogens is 2. The number of cyclic esters (lactones) is 1. The van der Waals surface area contributed by atoms with E-state index in [9.17, 15) is 24.3 Å². The lowest BCUT2D eigenvalue weighted by atomic mass is 9.36. The van der Waals surface area contributed by atoms with Crippen LogP contribution >= 0.6 is 0 Å². The number of fused-ring (bicyclic) bond motifs is 5. The normalized spacial score (nSPS) is 28.3. The average molecular weight is 681 g/mol. The molecule has 3 aromatic rings. The van der Waals surface area contributed by atoms with Gasteiger partial charge in [-0.05, 0) is 82.6 Å². The third kappa shape index (κ3) is 3.91. The Kier molecular flexibility index (Phi) is 6.24. The second kappa shape index (κ2) is 9.61. The smallest absolute Gasteiger partial charge is 0.408 e. The molecule has 2 atom stereocenters. The number of esters is 1. The molecule has 3 fully saturated rings. The molecule has 4 aliphatic carbocycles. The predicted molar refractivity (Wildman–Crippen MR) is 167 cm³/mol. The van der Waals surface area contributed by atoms with Gasteiger partial charge in [-0.2, -0.15) is 0 Å². The lowest BCUT2D eigenvalue weighted by Crippen LogP contribution is -2.92. The maximum Gasteiger partial charge on any atom is 0.408 e. The molecule has 0 spiro atoms. The summed E-state index contributed by atoms with van der Waals surface area (Å²) in [5.74, 6) is -5.74. The Labute approximate surface area is 278 Å². The van der Waals surface area contributed by atoms with E-state index < -0.39 is 63.5 Å². The number of carbonyl (C=O) groups is 3. The largest absolute Gasteiger partial charge is 0.458 e. The van der Waals surface area contributed by atoms with Gasteiger partial charge >= 0.3 is 12.1 Å². The highest BCUT2D eigenvalue weighted by molar-refractivity contribution is 5.95. The Morgan fingerprint density at radius 2 is 1.88 bits per heavy atom. The molecule has 1 aromatic carbocycles. The molecule has 1 unspecified atom stereocenters. The van der Waals surface area contributed by atoms with Gasteiger partial charge < -0.3 is 29.8 Å². The third-order valence-corrected chi connectivity index (χ3v) is 11.3. The molecular weight excluding hydrogens is 645 g/mol. The number of benzene rings is 1. The summed E-state index contributed by atoms with van der Waals surface area (Å²) in [7, 11) is 0. The monoisotopic (exact) mass is 680 g/mol. The van der Waals surface area contributed by atoms with E-state index in [1.54, 1.807) is 40.7 Å². The predicted octanol–water partition coefficient (Wildman–Crippen LogP) is 4.32.